The SMILES string of the molecule is COc1ccc(OCC[C@@H](C#N)c2ccc(Cl)cc2Cl)cc1. The van der Waals surface area contributed by atoms with Crippen LogP contribution in [0, 0.1) is 11.3 Å². The van der Waals surface area contributed by atoms with Crippen molar-refractivity contribution in [3.05, 3.63) is 58.1 Å². The molecule has 0 aromatic heterocycles. The highest BCUT2D eigenvalue weighted by molar-refractivity contribution is 6.35. The van der Waals surface area contributed by atoms with E-state index in [1.54, 1.807) is 25.3 Å². The lowest BCUT2D eigenvalue weighted by atomic mass is 9.97. The summed E-state index contributed by atoms with van der Waals surface area (Å²) in [6.45, 7) is 0.420. The maximum absolute atomic E-state index is 9.32. The Morgan fingerprint density at radius 2 is 1.77 bits per heavy atom. The van der Waals surface area contributed by atoms with Crippen LogP contribution in [0.15, 0.2) is 42.5 Å². The topological polar surface area (TPSA) is 42.2 Å². The van der Waals surface area contributed by atoms with Crippen molar-refractivity contribution >= 4 is 23.2 Å². The number of nitriles is 1. The molecule has 0 aliphatic carbocycles. The number of hydrogen-bond acceptors (Lipinski definition) is 3. The molecule has 22 heavy (non-hydrogen) atoms. The summed E-state index contributed by atoms with van der Waals surface area (Å²) < 4.78 is 10.7. The van der Waals surface area contributed by atoms with Crippen molar-refractivity contribution < 1.29 is 9.47 Å². The summed E-state index contributed by atoms with van der Waals surface area (Å²) in [6, 6.07) is 14.7. The van der Waals surface area contributed by atoms with E-state index in [4.69, 9.17) is 32.7 Å². The number of nitrogens with zero attached hydrogens (tertiary/aromatic N) is 1. The third kappa shape index (κ3) is 4.30. The van der Waals surface area contributed by atoms with E-state index in [-0.39, 0.29) is 5.92 Å². The summed E-state index contributed by atoms with van der Waals surface area (Å²) in [7, 11) is 1.61. The molecule has 3 nitrogen and oxygen atoms in total. The molecular formula is C17H15Cl2NO2. The van der Waals surface area contributed by atoms with Crippen molar-refractivity contribution in [2.24, 2.45) is 0 Å². The molecule has 0 N–H and O–H groups in total. The fourth-order valence-electron chi connectivity index (χ4n) is 2.04. The third-order valence-electron chi connectivity index (χ3n) is 3.23. The van der Waals surface area contributed by atoms with Gasteiger partial charge in [0, 0.05) is 16.5 Å². The molecule has 1 atom stereocenters. The van der Waals surface area contributed by atoms with E-state index in [2.05, 4.69) is 6.07 Å². The lowest BCUT2D eigenvalue weighted by Crippen LogP contribution is -2.05. The molecule has 0 saturated heterocycles. The molecular weight excluding hydrogens is 321 g/mol. The summed E-state index contributed by atoms with van der Waals surface area (Å²) in [6.07, 6.45) is 0.546. The van der Waals surface area contributed by atoms with Crippen LogP contribution in [0.3, 0.4) is 0 Å². The quantitative estimate of drug-likeness (QED) is 0.739. The second kappa shape index (κ2) is 7.93. The van der Waals surface area contributed by atoms with E-state index in [1.165, 1.54) is 0 Å². The molecule has 0 aliphatic rings. The second-order valence-corrected chi connectivity index (χ2v) is 5.50. The van der Waals surface area contributed by atoms with Gasteiger partial charge in [0.15, 0.2) is 0 Å². The number of hydrogen-bond donors (Lipinski definition) is 0. The van der Waals surface area contributed by atoms with Crippen LogP contribution in [0.2, 0.25) is 10.0 Å². The van der Waals surface area contributed by atoms with Crippen molar-refractivity contribution in [1.82, 2.24) is 0 Å². The van der Waals surface area contributed by atoms with Gasteiger partial charge in [0.25, 0.3) is 0 Å². The maximum atomic E-state index is 9.32. The molecule has 114 valence electrons. The number of ether oxygens (including phenoxy) is 2. The van der Waals surface area contributed by atoms with Crippen molar-refractivity contribution in [1.29, 1.82) is 5.26 Å². The lowest BCUT2D eigenvalue weighted by molar-refractivity contribution is 0.305. The van der Waals surface area contributed by atoms with Crippen molar-refractivity contribution in [2.75, 3.05) is 13.7 Å². The van der Waals surface area contributed by atoms with Crippen LogP contribution in [0.1, 0.15) is 17.9 Å². The van der Waals surface area contributed by atoms with Gasteiger partial charge in [-0.3, -0.25) is 0 Å². The Bertz CT molecular complexity index is 665. The van der Waals surface area contributed by atoms with Gasteiger partial charge in [-0.15, -0.1) is 0 Å². The normalized spacial score (nSPS) is 11.5. The highest BCUT2D eigenvalue weighted by atomic mass is 35.5. The van der Waals surface area contributed by atoms with E-state index in [0.29, 0.717) is 23.1 Å². The Labute approximate surface area is 140 Å². The molecule has 2 aromatic rings. The maximum Gasteiger partial charge on any atom is 0.119 e. The molecule has 0 saturated carbocycles. The van der Waals surface area contributed by atoms with E-state index >= 15 is 0 Å². The molecule has 0 fully saturated rings. The highest BCUT2D eigenvalue weighted by Crippen LogP contribution is 2.29. The number of halogens is 2. The van der Waals surface area contributed by atoms with Gasteiger partial charge in [-0.05, 0) is 42.0 Å². The van der Waals surface area contributed by atoms with Crippen LogP contribution in [0.5, 0.6) is 11.5 Å². The second-order valence-electron chi connectivity index (χ2n) is 4.66. The molecule has 0 radical (unpaired) electrons. The van der Waals surface area contributed by atoms with E-state index < -0.39 is 0 Å². The van der Waals surface area contributed by atoms with Crippen LogP contribution < -0.4 is 9.47 Å². The zero-order valence-corrected chi connectivity index (χ0v) is 13.6. The van der Waals surface area contributed by atoms with Crippen LogP contribution >= 0.6 is 23.2 Å². The highest BCUT2D eigenvalue weighted by Gasteiger charge is 2.14. The van der Waals surface area contributed by atoms with Gasteiger partial charge >= 0.3 is 0 Å². The van der Waals surface area contributed by atoms with Crippen LogP contribution in [0.4, 0.5) is 0 Å². The van der Waals surface area contributed by atoms with Gasteiger partial charge in [0.1, 0.15) is 11.5 Å². The molecule has 0 heterocycles. The Morgan fingerprint density at radius 1 is 1.09 bits per heavy atom. The van der Waals surface area contributed by atoms with Gasteiger partial charge in [-0.1, -0.05) is 29.3 Å². The van der Waals surface area contributed by atoms with E-state index in [1.807, 2.05) is 24.3 Å². The minimum absolute atomic E-state index is 0.331. The predicted octanol–water partition coefficient (Wildman–Crippen LogP) is 5.08. The molecule has 0 aliphatic heterocycles. The van der Waals surface area contributed by atoms with Gasteiger partial charge < -0.3 is 9.47 Å². The summed E-state index contributed by atoms with van der Waals surface area (Å²) in [5.41, 5.74) is 0.770. The Kier molecular flexibility index (Phi) is 5.94. The van der Waals surface area contributed by atoms with Crippen molar-refractivity contribution in [3.8, 4) is 17.6 Å². The number of rotatable bonds is 6. The van der Waals surface area contributed by atoms with Crippen LogP contribution in [0.25, 0.3) is 0 Å². The molecule has 0 bridgehead atoms. The smallest absolute Gasteiger partial charge is 0.119 e. The van der Waals surface area contributed by atoms with Crippen molar-refractivity contribution in [3.63, 3.8) is 0 Å². The van der Waals surface area contributed by atoms with Gasteiger partial charge in [0.2, 0.25) is 0 Å². The first kappa shape index (κ1) is 16.5. The molecule has 5 heteroatoms. The summed E-state index contributed by atoms with van der Waals surface area (Å²) in [5, 5.41) is 10.4. The van der Waals surface area contributed by atoms with Crippen molar-refractivity contribution in [2.45, 2.75) is 12.3 Å². The first-order valence-corrected chi connectivity index (χ1v) is 7.51. The fourth-order valence-corrected chi connectivity index (χ4v) is 2.58. The largest absolute Gasteiger partial charge is 0.497 e. The van der Waals surface area contributed by atoms with E-state index in [0.717, 1.165) is 17.1 Å². The Balaban J connectivity index is 1.95. The van der Waals surface area contributed by atoms with Crippen LogP contribution in [-0.4, -0.2) is 13.7 Å². The first-order chi connectivity index (χ1) is 10.6. The minimum Gasteiger partial charge on any atom is -0.497 e. The summed E-state index contributed by atoms with van der Waals surface area (Å²) >= 11 is 12.0. The van der Waals surface area contributed by atoms with Gasteiger partial charge in [-0.25, -0.2) is 0 Å². The Morgan fingerprint density at radius 3 is 2.36 bits per heavy atom. The third-order valence-corrected chi connectivity index (χ3v) is 3.79. The zero-order chi connectivity index (χ0) is 15.9. The van der Waals surface area contributed by atoms with E-state index in [9.17, 15) is 5.26 Å². The number of methoxy groups -OCH3 is 1. The minimum atomic E-state index is -0.331. The Hall–Kier alpha value is -1.89. The molecule has 2 aromatic carbocycles. The van der Waals surface area contributed by atoms with Gasteiger partial charge in [-0.2, -0.15) is 5.26 Å². The summed E-state index contributed by atoms with van der Waals surface area (Å²) in [4.78, 5) is 0. The van der Waals surface area contributed by atoms with Gasteiger partial charge in [0.05, 0.1) is 25.7 Å². The van der Waals surface area contributed by atoms with Crippen LogP contribution in [-0.2, 0) is 0 Å². The standard InChI is InChI=1S/C17H15Cl2NO2/c1-21-14-3-5-15(6-4-14)22-9-8-12(11-20)16-7-2-13(18)10-17(16)19/h2-7,10,12H,8-9H2,1H3/t12-/m0/s1. The molecule has 0 amide bonds. The first-order valence-electron chi connectivity index (χ1n) is 6.75. The molecule has 0 unspecified atom stereocenters. The fraction of sp³-hybridized carbons (Fsp3) is 0.235. The molecule has 0 spiro atoms. The average Bonchev–Trinajstić information content (AvgIpc) is 2.53. The molecule has 2 rings (SSSR count). The summed E-state index contributed by atoms with van der Waals surface area (Å²) in [5.74, 6) is 1.18. The zero-order valence-electron chi connectivity index (χ0n) is 12.1. The number of benzene rings is 2. The monoisotopic (exact) mass is 335 g/mol. The predicted molar refractivity (Wildman–Crippen MR) is 87.9 cm³/mol. The lowest BCUT2D eigenvalue weighted by Gasteiger charge is -2.12. The average molecular weight is 336 g/mol.